The molecule has 2 aromatic heterocycles. The molecule has 5 nitrogen and oxygen atoms in total. The second-order valence-electron chi connectivity index (χ2n) is 4.91. The first-order valence-corrected chi connectivity index (χ1v) is 6.61. The molecular weight excluding hydrogens is 254 g/mol. The summed E-state index contributed by atoms with van der Waals surface area (Å²) in [6.45, 7) is 3.79. The lowest BCUT2D eigenvalue weighted by molar-refractivity contribution is 0.0938. The predicted molar refractivity (Wildman–Crippen MR) is 77.3 cm³/mol. The highest BCUT2D eigenvalue weighted by Crippen LogP contribution is 2.12. The molecule has 106 valence electrons. The Labute approximate surface area is 118 Å². The highest BCUT2D eigenvalue weighted by Gasteiger charge is 2.13. The van der Waals surface area contributed by atoms with E-state index in [1.165, 1.54) is 6.20 Å². The molecule has 0 fully saturated rings. The predicted octanol–water partition coefficient (Wildman–Crippen LogP) is 2.32. The van der Waals surface area contributed by atoms with Crippen LogP contribution in [0.4, 0.5) is 5.69 Å². The molecule has 0 saturated carbocycles. The molecule has 0 bridgehead atoms. The van der Waals surface area contributed by atoms with Crippen LogP contribution in [0, 0.1) is 6.92 Å². The fraction of sp³-hybridized carbons (Fsp3) is 0.333. The van der Waals surface area contributed by atoms with E-state index in [0.29, 0.717) is 11.3 Å². The van der Waals surface area contributed by atoms with E-state index < -0.39 is 0 Å². The monoisotopic (exact) mass is 273 g/mol. The Morgan fingerprint density at radius 3 is 3.00 bits per heavy atom. The van der Waals surface area contributed by atoms with E-state index in [4.69, 9.17) is 10.2 Å². The number of carbonyl (C=O) groups excluding carboxylic acids is 1. The zero-order valence-electron chi connectivity index (χ0n) is 11.7. The lowest BCUT2D eigenvalue weighted by Gasteiger charge is -2.14. The third kappa shape index (κ3) is 3.60. The maximum atomic E-state index is 12.1. The van der Waals surface area contributed by atoms with E-state index in [-0.39, 0.29) is 11.9 Å². The number of carbonyl (C=O) groups is 1. The molecule has 0 aliphatic carbocycles. The molecule has 1 unspecified atom stereocenters. The molecule has 0 aliphatic rings. The fourth-order valence-corrected chi connectivity index (χ4v) is 1.96. The topological polar surface area (TPSA) is 81.2 Å². The van der Waals surface area contributed by atoms with Gasteiger partial charge in [0.2, 0.25) is 0 Å². The van der Waals surface area contributed by atoms with Gasteiger partial charge in [-0.1, -0.05) is 0 Å². The first-order chi connectivity index (χ1) is 9.56. The summed E-state index contributed by atoms with van der Waals surface area (Å²) in [4.78, 5) is 16.2. The molecule has 0 aromatic carbocycles. The first kappa shape index (κ1) is 14.1. The second-order valence-corrected chi connectivity index (χ2v) is 4.91. The van der Waals surface area contributed by atoms with Crippen molar-refractivity contribution in [2.24, 2.45) is 0 Å². The molecule has 2 aromatic rings. The van der Waals surface area contributed by atoms with Gasteiger partial charge in [-0.2, -0.15) is 0 Å². The number of pyridine rings is 1. The minimum atomic E-state index is -0.193. The number of anilines is 1. The zero-order chi connectivity index (χ0) is 14.5. The van der Waals surface area contributed by atoms with Crippen molar-refractivity contribution in [1.29, 1.82) is 0 Å². The maximum Gasteiger partial charge on any atom is 0.255 e. The van der Waals surface area contributed by atoms with Crippen LogP contribution < -0.4 is 11.1 Å². The lowest BCUT2D eigenvalue weighted by atomic mass is 10.1. The molecular formula is C15H19N3O2. The molecule has 1 amide bonds. The van der Waals surface area contributed by atoms with Crippen LogP contribution in [0.2, 0.25) is 0 Å². The van der Waals surface area contributed by atoms with E-state index in [1.807, 2.05) is 26.0 Å². The lowest BCUT2D eigenvalue weighted by Crippen LogP contribution is -2.33. The van der Waals surface area contributed by atoms with Gasteiger partial charge in [-0.15, -0.1) is 0 Å². The standard InChI is InChI=1S/C15H19N3O2/c1-10(5-6-12-4-3-7-20-12)18-15(19)13-9-17-11(2)8-14(13)16/h3-4,7-10H,5-6H2,1-2H3,(H2,16,17)(H,18,19). The van der Waals surface area contributed by atoms with Crippen molar-refractivity contribution < 1.29 is 9.21 Å². The number of nitrogens with two attached hydrogens (primary N) is 1. The summed E-state index contributed by atoms with van der Waals surface area (Å²) >= 11 is 0. The van der Waals surface area contributed by atoms with Crippen molar-refractivity contribution in [2.75, 3.05) is 5.73 Å². The molecule has 3 N–H and O–H groups in total. The van der Waals surface area contributed by atoms with E-state index in [1.54, 1.807) is 12.3 Å². The second kappa shape index (κ2) is 6.23. The number of hydrogen-bond donors (Lipinski definition) is 2. The van der Waals surface area contributed by atoms with E-state index >= 15 is 0 Å². The minimum absolute atomic E-state index is 0.0355. The third-order valence-corrected chi connectivity index (χ3v) is 3.10. The first-order valence-electron chi connectivity index (χ1n) is 6.61. The largest absolute Gasteiger partial charge is 0.469 e. The molecule has 2 rings (SSSR count). The average molecular weight is 273 g/mol. The van der Waals surface area contributed by atoms with Crippen molar-refractivity contribution in [3.8, 4) is 0 Å². The summed E-state index contributed by atoms with van der Waals surface area (Å²) in [5.74, 6) is 0.726. The van der Waals surface area contributed by atoms with Gasteiger partial charge in [0.15, 0.2) is 0 Å². The highest BCUT2D eigenvalue weighted by molar-refractivity contribution is 5.98. The Balaban J connectivity index is 1.90. The van der Waals surface area contributed by atoms with Crippen LogP contribution in [0.25, 0.3) is 0 Å². The number of furan rings is 1. The van der Waals surface area contributed by atoms with Gasteiger partial charge in [0.25, 0.3) is 5.91 Å². The Morgan fingerprint density at radius 2 is 2.35 bits per heavy atom. The Bertz CT molecular complexity index is 579. The van der Waals surface area contributed by atoms with Gasteiger partial charge in [-0.3, -0.25) is 9.78 Å². The number of amides is 1. The van der Waals surface area contributed by atoms with Gasteiger partial charge >= 0.3 is 0 Å². The van der Waals surface area contributed by atoms with Crippen molar-refractivity contribution in [2.45, 2.75) is 32.7 Å². The Morgan fingerprint density at radius 1 is 1.55 bits per heavy atom. The molecule has 0 spiro atoms. The molecule has 0 saturated heterocycles. The van der Waals surface area contributed by atoms with E-state index in [2.05, 4.69) is 10.3 Å². The number of nitrogen functional groups attached to an aromatic ring is 1. The van der Waals surface area contributed by atoms with Gasteiger partial charge in [0, 0.05) is 30.0 Å². The summed E-state index contributed by atoms with van der Waals surface area (Å²) in [7, 11) is 0. The third-order valence-electron chi connectivity index (χ3n) is 3.10. The van der Waals surface area contributed by atoms with Crippen LogP contribution in [0.3, 0.4) is 0 Å². The van der Waals surface area contributed by atoms with Gasteiger partial charge in [0.05, 0.1) is 11.8 Å². The maximum absolute atomic E-state index is 12.1. The highest BCUT2D eigenvalue weighted by atomic mass is 16.3. The van der Waals surface area contributed by atoms with Crippen LogP contribution in [0.15, 0.2) is 35.1 Å². The fourth-order valence-electron chi connectivity index (χ4n) is 1.96. The van der Waals surface area contributed by atoms with Gasteiger partial charge < -0.3 is 15.5 Å². The quantitative estimate of drug-likeness (QED) is 0.876. The zero-order valence-corrected chi connectivity index (χ0v) is 11.7. The molecule has 5 heteroatoms. The normalized spacial score (nSPS) is 12.1. The number of rotatable bonds is 5. The Kier molecular flexibility index (Phi) is 4.40. The van der Waals surface area contributed by atoms with Crippen LogP contribution in [0.5, 0.6) is 0 Å². The number of nitrogens with zero attached hydrogens (tertiary/aromatic N) is 1. The summed E-state index contributed by atoms with van der Waals surface area (Å²) in [6.07, 6.45) is 4.75. The van der Waals surface area contributed by atoms with Gasteiger partial charge in [0.1, 0.15) is 5.76 Å². The number of aryl methyl sites for hydroxylation is 2. The van der Waals surface area contributed by atoms with Gasteiger partial charge in [-0.05, 0) is 38.5 Å². The number of hydrogen-bond acceptors (Lipinski definition) is 4. The van der Waals surface area contributed by atoms with Crippen molar-refractivity contribution in [3.05, 3.63) is 47.7 Å². The van der Waals surface area contributed by atoms with Crippen molar-refractivity contribution >= 4 is 11.6 Å². The van der Waals surface area contributed by atoms with E-state index in [0.717, 1.165) is 24.3 Å². The minimum Gasteiger partial charge on any atom is -0.469 e. The summed E-state index contributed by atoms with van der Waals surface area (Å²) < 4.78 is 5.26. The summed E-state index contributed by atoms with van der Waals surface area (Å²) in [5.41, 5.74) is 7.50. The van der Waals surface area contributed by atoms with Gasteiger partial charge in [-0.25, -0.2) is 0 Å². The van der Waals surface area contributed by atoms with Crippen molar-refractivity contribution in [1.82, 2.24) is 10.3 Å². The SMILES string of the molecule is Cc1cc(N)c(C(=O)NC(C)CCc2ccco2)cn1. The number of aromatic nitrogens is 1. The van der Waals surface area contributed by atoms with Crippen LogP contribution in [0.1, 0.15) is 35.2 Å². The van der Waals surface area contributed by atoms with Crippen molar-refractivity contribution in [3.63, 3.8) is 0 Å². The average Bonchev–Trinajstić information content (AvgIpc) is 2.89. The summed E-state index contributed by atoms with van der Waals surface area (Å²) in [5, 5.41) is 2.92. The molecule has 2 heterocycles. The van der Waals surface area contributed by atoms with Crippen LogP contribution >= 0.6 is 0 Å². The smallest absolute Gasteiger partial charge is 0.255 e. The van der Waals surface area contributed by atoms with E-state index in [9.17, 15) is 4.79 Å². The molecule has 1 atom stereocenters. The molecule has 0 aliphatic heterocycles. The molecule has 20 heavy (non-hydrogen) atoms. The number of nitrogens with one attached hydrogen (secondary N) is 1. The summed E-state index contributed by atoms with van der Waals surface area (Å²) in [6, 6.07) is 5.52. The molecule has 0 radical (unpaired) electrons. The Hall–Kier alpha value is -2.30. The van der Waals surface area contributed by atoms with Crippen LogP contribution in [-0.2, 0) is 6.42 Å². The van der Waals surface area contributed by atoms with Crippen LogP contribution in [-0.4, -0.2) is 16.9 Å².